The van der Waals surface area contributed by atoms with E-state index in [1.165, 1.54) is 0 Å². The minimum Gasteiger partial charge on any atom is -0.396 e. The molecule has 0 radical (unpaired) electrons. The molecule has 0 aromatic heterocycles. The molecule has 0 spiro atoms. The summed E-state index contributed by atoms with van der Waals surface area (Å²) in [6, 6.07) is 10.00. The number of amides is 1. The lowest BCUT2D eigenvalue weighted by Gasteiger charge is -2.06. The summed E-state index contributed by atoms with van der Waals surface area (Å²) >= 11 is 0. The maximum Gasteiger partial charge on any atom is 0.220 e. The first-order chi connectivity index (χ1) is 8.83. The third kappa shape index (κ3) is 7.04. The number of aliphatic hydroxyl groups excluding tert-OH is 1. The van der Waals surface area contributed by atoms with Crippen LogP contribution in [0.5, 0.6) is 0 Å². The van der Waals surface area contributed by atoms with E-state index in [4.69, 9.17) is 9.84 Å². The van der Waals surface area contributed by atoms with Crippen LogP contribution in [0.1, 0.15) is 24.8 Å². The summed E-state index contributed by atoms with van der Waals surface area (Å²) in [5.74, 6) is -0.00731. The largest absolute Gasteiger partial charge is 0.396 e. The number of carbonyl (C=O) groups is 1. The number of hydrogen-bond acceptors (Lipinski definition) is 3. The van der Waals surface area contributed by atoms with Gasteiger partial charge in [-0.3, -0.25) is 4.79 Å². The molecule has 1 amide bonds. The Hall–Kier alpha value is -1.39. The number of carbonyl (C=O) groups excluding carboxylic acids is 1. The van der Waals surface area contributed by atoms with E-state index in [1.54, 1.807) is 0 Å². The molecule has 1 aromatic rings. The van der Waals surface area contributed by atoms with E-state index in [0.717, 1.165) is 12.0 Å². The average Bonchev–Trinajstić information content (AvgIpc) is 2.41. The second-order valence-electron chi connectivity index (χ2n) is 4.07. The number of hydrogen-bond donors (Lipinski definition) is 2. The molecule has 18 heavy (non-hydrogen) atoms. The molecule has 0 aliphatic carbocycles. The van der Waals surface area contributed by atoms with Gasteiger partial charge >= 0.3 is 0 Å². The number of rotatable bonds is 9. The van der Waals surface area contributed by atoms with E-state index in [2.05, 4.69) is 5.32 Å². The smallest absolute Gasteiger partial charge is 0.220 e. The standard InChI is InChI=1S/C14H21NO3/c16-10-4-8-14(17)15-9-5-11-18-12-13-6-2-1-3-7-13/h1-3,6-7,16H,4-5,8-12H2,(H,15,17). The van der Waals surface area contributed by atoms with Gasteiger partial charge in [-0.25, -0.2) is 0 Å². The zero-order valence-corrected chi connectivity index (χ0v) is 10.6. The van der Waals surface area contributed by atoms with E-state index >= 15 is 0 Å². The second kappa shape index (κ2) is 9.62. The fourth-order valence-electron chi connectivity index (χ4n) is 1.49. The van der Waals surface area contributed by atoms with Crippen LogP contribution in [-0.2, 0) is 16.1 Å². The Morgan fingerprint density at radius 1 is 1.22 bits per heavy atom. The van der Waals surface area contributed by atoms with Gasteiger partial charge in [-0.2, -0.15) is 0 Å². The minimum absolute atomic E-state index is 0.00731. The lowest BCUT2D eigenvalue weighted by molar-refractivity contribution is -0.121. The average molecular weight is 251 g/mol. The van der Waals surface area contributed by atoms with Crippen LogP contribution in [-0.4, -0.2) is 30.8 Å². The summed E-state index contributed by atoms with van der Waals surface area (Å²) in [5.41, 5.74) is 1.16. The van der Waals surface area contributed by atoms with Gasteiger partial charge in [-0.15, -0.1) is 0 Å². The van der Waals surface area contributed by atoms with Crippen LogP contribution < -0.4 is 5.32 Å². The van der Waals surface area contributed by atoms with E-state index in [-0.39, 0.29) is 12.5 Å². The van der Waals surface area contributed by atoms with Crippen molar-refractivity contribution in [1.82, 2.24) is 5.32 Å². The fourth-order valence-corrected chi connectivity index (χ4v) is 1.49. The van der Waals surface area contributed by atoms with E-state index in [9.17, 15) is 4.79 Å². The van der Waals surface area contributed by atoms with Crippen LogP contribution in [0.2, 0.25) is 0 Å². The van der Waals surface area contributed by atoms with Crippen molar-refractivity contribution in [3.05, 3.63) is 35.9 Å². The van der Waals surface area contributed by atoms with Crippen LogP contribution >= 0.6 is 0 Å². The van der Waals surface area contributed by atoms with Gasteiger partial charge in [0.25, 0.3) is 0 Å². The molecular formula is C14H21NO3. The van der Waals surface area contributed by atoms with Crippen molar-refractivity contribution in [2.75, 3.05) is 19.8 Å². The van der Waals surface area contributed by atoms with Gasteiger partial charge in [0.2, 0.25) is 5.91 Å². The number of aliphatic hydroxyl groups is 1. The molecule has 1 rings (SSSR count). The van der Waals surface area contributed by atoms with Crippen molar-refractivity contribution in [1.29, 1.82) is 0 Å². The van der Waals surface area contributed by atoms with Gasteiger partial charge < -0.3 is 15.2 Å². The van der Waals surface area contributed by atoms with E-state index in [1.807, 2.05) is 30.3 Å². The lowest BCUT2D eigenvalue weighted by Crippen LogP contribution is -2.25. The summed E-state index contributed by atoms with van der Waals surface area (Å²) in [7, 11) is 0. The molecule has 4 nitrogen and oxygen atoms in total. The van der Waals surface area contributed by atoms with Crippen molar-refractivity contribution in [2.45, 2.75) is 25.9 Å². The molecular weight excluding hydrogens is 230 g/mol. The first-order valence-corrected chi connectivity index (χ1v) is 6.32. The number of ether oxygens (including phenoxy) is 1. The van der Waals surface area contributed by atoms with Gasteiger partial charge in [-0.05, 0) is 18.4 Å². The monoisotopic (exact) mass is 251 g/mol. The SMILES string of the molecule is O=C(CCCO)NCCCOCc1ccccc1. The third-order valence-electron chi connectivity index (χ3n) is 2.46. The summed E-state index contributed by atoms with van der Waals surface area (Å²) in [4.78, 5) is 11.2. The van der Waals surface area contributed by atoms with Crippen LogP contribution in [0.4, 0.5) is 0 Å². The van der Waals surface area contributed by atoms with Crippen LogP contribution in [0, 0.1) is 0 Å². The van der Waals surface area contributed by atoms with Crippen LogP contribution in [0.3, 0.4) is 0 Å². The molecule has 0 unspecified atom stereocenters. The summed E-state index contributed by atoms with van der Waals surface area (Å²) < 4.78 is 5.49. The third-order valence-corrected chi connectivity index (χ3v) is 2.46. The first-order valence-electron chi connectivity index (χ1n) is 6.32. The van der Waals surface area contributed by atoms with Gasteiger partial charge in [0, 0.05) is 26.2 Å². The molecule has 0 heterocycles. The maximum absolute atomic E-state index is 11.2. The van der Waals surface area contributed by atoms with E-state index < -0.39 is 0 Å². The van der Waals surface area contributed by atoms with Gasteiger partial charge in [0.05, 0.1) is 6.61 Å². The van der Waals surface area contributed by atoms with Crippen molar-refractivity contribution in [2.24, 2.45) is 0 Å². The van der Waals surface area contributed by atoms with Gasteiger partial charge in [0.1, 0.15) is 0 Å². The van der Waals surface area contributed by atoms with Crippen molar-refractivity contribution in [3.63, 3.8) is 0 Å². The topological polar surface area (TPSA) is 58.6 Å². The highest BCUT2D eigenvalue weighted by Crippen LogP contribution is 2.00. The van der Waals surface area contributed by atoms with Crippen molar-refractivity contribution >= 4 is 5.91 Å². The molecule has 4 heteroatoms. The van der Waals surface area contributed by atoms with Gasteiger partial charge in [0.15, 0.2) is 0 Å². The maximum atomic E-state index is 11.2. The Labute approximate surface area is 108 Å². The molecule has 100 valence electrons. The van der Waals surface area contributed by atoms with Crippen LogP contribution in [0.15, 0.2) is 30.3 Å². The molecule has 0 aliphatic rings. The molecule has 0 fully saturated rings. The Bertz CT molecular complexity index is 327. The Morgan fingerprint density at radius 2 is 2.00 bits per heavy atom. The van der Waals surface area contributed by atoms with Crippen molar-refractivity contribution in [3.8, 4) is 0 Å². The zero-order valence-electron chi connectivity index (χ0n) is 10.6. The quantitative estimate of drug-likeness (QED) is 0.654. The Balaban J connectivity index is 1.94. The second-order valence-corrected chi connectivity index (χ2v) is 4.07. The predicted molar refractivity (Wildman–Crippen MR) is 70.0 cm³/mol. The Kier molecular flexibility index (Phi) is 7.84. The first kappa shape index (κ1) is 14.7. The molecule has 0 atom stereocenters. The summed E-state index contributed by atoms with van der Waals surface area (Å²) in [5, 5.41) is 11.4. The zero-order chi connectivity index (χ0) is 13.1. The normalized spacial score (nSPS) is 10.3. The van der Waals surface area contributed by atoms with Crippen LogP contribution in [0.25, 0.3) is 0 Å². The highest BCUT2D eigenvalue weighted by molar-refractivity contribution is 5.75. The summed E-state index contributed by atoms with van der Waals surface area (Å²) in [6.07, 6.45) is 1.72. The predicted octanol–water partition coefficient (Wildman–Crippen LogP) is 1.48. The highest BCUT2D eigenvalue weighted by atomic mass is 16.5. The number of benzene rings is 1. The minimum atomic E-state index is -0.00731. The molecule has 1 aromatic carbocycles. The van der Waals surface area contributed by atoms with Gasteiger partial charge in [-0.1, -0.05) is 30.3 Å². The highest BCUT2D eigenvalue weighted by Gasteiger charge is 1.99. The molecule has 0 saturated heterocycles. The van der Waals surface area contributed by atoms with E-state index in [0.29, 0.717) is 32.6 Å². The lowest BCUT2D eigenvalue weighted by atomic mass is 10.2. The molecule has 0 bridgehead atoms. The summed E-state index contributed by atoms with van der Waals surface area (Å²) in [6.45, 7) is 1.93. The Morgan fingerprint density at radius 3 is 2.72 bits per heavy atom. The molecule has 2 N–H and O–H groups in total. The molecule has 0 saturated carbocycles. The fraction of sp³-hybridized carbons (Fsp3) is 0.500. The number of nitrogens with one attached hydrogen (secondary N) is 1. The molecule has 0 aliphatic heterocycles. The van der Waals surface area contributed by atoms with Crippen molar-refractivity contribution < 1.29 is 14.6 Å².